The van der Waals surface area contributed by atoms with Gasteiger partial charge in [-0.2, -0.15) is 0 Å². The van der Waals surface area contributed by atoms with E-state index in [2.05, 4.69) is 9.80 Å². The lowest BCUT2D eigenvalue weighted by atomic mass is 10.1. The first-order valence-corrected chi connectivity index (χ1v) is 10.3. The van der Waals surface area contributed by atoms with E-state index in [0.717, 1.165) is 37.1 Å². The standard InChI is InChI=1S/C18H26N2O2S/c1-23(22)14-15-6-4-7-16(12-15)18(21)20-11-5-8-17(20)13-19-9-2-3-10-19/h4,6-7,12,17H,2-3,5,8-11,13-14H2,1H3/t17-,23+/m0/s1. The highest BCUT2D eigenvalue weighted by molar-refractivity contribution is 7.83. The lowest BCUT2D eigenvalue weighted by Gasteiger charge is -2.28. The van der Waals surface area contributed by atoms with Crippen molar-refractivity contribution in [1.29, 1.82) is 0 Å². The monoisotopic (exact) mass is 334 g/mol. The number of benzene rings is 1. The zero-order valence-electron chi connectivity index (χ0n) is 13.9. The molecule has 0 spiro atoms. The van der Waals surface area contributed by atoms with Crippen molar-refractivity contribution < 1.29 is 9.00 Å². The fourth-order valence-electron chi connectivity index (χ4n) is 3.75. The fraction of sp³-hybridized carbons (Fsp3) is 0.611. The normalized spacial score (nSPS) is 23.3. The van der Waals surface area contributed by atoms with Crippen LogP contribution >= 0.6 is 0 Å². The van der Waals surface area contributed by atoms with E-state index in [0.29, 0.717) is 11.8 Å². The molecule has 1 aromatic carbocycles. The number of carbonyl (C=O) groups is 1. The van der Waals surface area contributed by atoms with E-state index in [1.54, 1.807) is 6.26 Å². The smallest absolute Gasteiger partial charge is 0.254 e. The predicted molar refractivity (Wildman–Crippen MR) is 93.9 cm³/mol. The third-order valence-electron chi connectivity index (χ3n) is 4.85. The second-order valence-corrected chi connectivity index (χ2v) is 8.16. The SMILES string of the molecule is C[S@@](=O)Cc1cccc(C(=O)N2CCC[C@H]2CN2CCCC2)c1. The van der Waals surface area contributed by atoms with E-state index in [1.165, 1.54) is 25.9 Å². The van der Waals surface area contributed by atoms with Crippen molar-refractivity contribution in [3.05, 3.63) is 35.4 Å². The summed E-state index contributed by atoms with van der Waals surface area (Å²) in [4.78, 5) is 17.4. The second kappa shape index (κ2) is 7.58. The molecule has 0 bridgehead atoms. The highest BCUT2D eigenvalue weighted by Crippen LogP contribution is 2.23. The van der Waals surface area contributed by atoms with Crippen molar-refractivity contribution in [3.8, 4) is 0 Å². The van der Waals surface area contributed by atoms with Gasteiger partial charge >= 0.3 is 0 Å². The minimum Gasteiger partial charge on any atom is -0.334 e. The van der Waals surface area contributed by atoms with Crippen molar-refractivity contribution in [2.45, 2.75) is 37.5 Å². The number of nitrogens with zero attached hydrogens (tertiary/aromatic N) is 2. The topological polar surface area (TPSA) is 40.6 Å². The number of likely N-dealkylation sites (tertiary alicyclic amines) is 2. The van der Waals surface area contributed by atoms with Crippen LogP contribution in [0.15, 0.2) is 24.3 Å². The Morgan fingerprint density at radius 2 is 2.00 bits per heavy atom. The summed E-state index contributed by atoms with van der Waals surface area (Å²) < 4.78 is 11.4. The van der Waals surface area contributed by atoms with Gasteiger partial charge in [0, 0.05) is 47.5 Å². The van der Waals surface area contributed by atoms with Crippen LogP contribution in [0.4, 0.5) is 0 Å². The molecule has 0 unspecified atom stereocenters. The molecule has 126 valence electrons. The van der Waals surface area contributed by atoms with Gasteiger partial charge in [0.15, 0.2) is 0 Å². The lowest BCUT2D eigenvalue weighted by molar-refractivity contribution is 0.0708. The molecule has 0 aromatic heterocycles. The Labute approximate surface area is 141 Å². The van der Waals surface area contributed by atoms with Crippen LogP contribution in [0.1, 0.15) is 41.6 Å². The van der Waals surface area contributed by atoms with Gasteiger partial charge < -0.3 is 9.80 Å². The largest absolute Gasteiger partial charge is 0.334 e. The molecule has 2 aliphatic rings. The first-order valence-electron chi connectivity index (χ1n) is 8.56. The average molecular weight is 334 g/mol. The van der Waals surface area contributed by atoms with Gasteiger partial charge in [0.2, 0.25) is 0 Å². The summed E-state index contributed by atoms with van der Waals surface area (Å²) in [7, 11) is -0.882. The second-order valence-electron chi connectivity index (χ2n) is 6.72. The molecule has 2 aliphatic heterocycles. The van der Waals surface area contributed by atoms with Crippen molar-refractivity contribution in [3.63, 3.8) is 0 Å². The molecule has 0 saturated carbocycles. The van der Waals surface area contributed by atoms with Gasteiger partial charge in [-0.05, 0) is 56.5 Å². The summed E-state index contributed by atoms with van der Waals surface area (Å²) >= 11 is 0. The van der Waals surface area contributed by atoms with Crippen LogP contribution in [0.2, 0.25) is 0 Å². The van der Waals surface area contributed by atoms with Crippen LogP contribution in [0.5, 0.6) is 0 Å². The Morgan fingerprint density at radius 3 is 2.74 bits per heavy atom. The molecule has 23 heavy (non-hydrogen) atoms. The lowest BCUT2D eigenvalue weighted by Crippen LogP contribution is -2.42. The molecule has 0 aliphatic carbocycles. The zero-order valence-corrected chi connectivity index (χ0v) is 14.7. The minimum atomic E-state index is -0.882. The molecule has 3 rings (SSSR count). The predicted octanol–water partition coefficient (Wildman–Crippen LogP) is 2.27. The summed E-state index contributed by atoms with van der Waals surface area (Å²) in [6.45, 7) is 4.23. The first kappa shape index (κ1) is 16.7. The van der Waals surface area contributed by atoms with Crippen LogP contribution in [-0.2, 0) is 16.6 Å². The molecular weight excluding hydrogens is 308 g/mol. The highest BCUT2D eigenvalue weighted by Gasteiger charge is 2.31. The van der Waals surface area contributed by atoms with Crippen molar-refractivity contribution in [2.75, 3.05) is 32.4 Å². The number of hydrogen-bond acceptors (Lipinski definition) is 3. The summed E-state index contributed by atoms with van der Waals surface area (Å²) in [5.41, 5.74) is 1.72. The molecule has 2 atom stereocenters. The number of amides is 1. The van der Waals surface area contributed by atoms with Gasteiger partial charge in [-0.15, -0.1) is 0 Å². The molecule has 5 heteroatoms. The third-order valence-corrected chi connectivity index (χ3v) is 5.59. The molecular formula is C18H26N2O2S. The van der Waals surface area contributed by atoms with E-state index < -0.39 is 10.8 Å². The van der Waals surface area contributed by atoms with Gasteiger partial charge in [-0.1, -0.05) is 12.1 Å². The Kier molecular flexibility index (Phi) is 5.49. The molecule has 0 radical (unpaired) electrons. The van der Waals surface area contributed by atoms with Gasteiger partial charge in [0.1, 0.15) is 0 Å². The molecule has 1 amide bonds. The Bertz CT molecular complexity index is 584. The van der Waals surface area contributed by atoms with Crippen LogP contribution in [-0.4, -0.2) is 58.4 Å². The summed E-state index contributed by atoms with van der Waals surface area (Å²) in [5.74, 6) is 0.647. The first-order chi connectivity index (χ1) is 11.1. The molecule has 0 N–H and O–H groups in total. The van der Waals surface area contributed by atoms with E-state index in [9.17, 15) is 9.00 Å². The van der Waals surface area contributed by atoms with Crippen LogP contribution < -0.4 is 0 Å². The van der Waals surface area contributed by atoms with Gasteiger partial charge in [-0.25, -0.2) is 0 Å². The molecule has 2 saturated heterocycles. The van der Waals surface area contributed by atoms with Crippen molar-refractivity contribution >= 4 is 16.7 Å². The van der Waals surface area contributed by atoms with E-state index >= 15 is 0 Å². The minimum absolute atomic E-state index is 0.135. The Hall–Kier alpha value is -1.20. The molecule has 2 fully saturated rings. The molecule has 2 heterocycles. The zero-order chi connectivity index (χ0) is 16.2. The summed E-state index contributed by atoms with van der Waals surface area (Å²) in [5, 5.41) is 0. The molecule has 4 nitrogen and oxygen atoms in total. The highest BCUT2D eigenvalue weighted by atomic mass is 32.2. The third kappa shape index (κ3) is 4.21. The van der Waals surface area contributed by atoms with Gasteiger partial charge in [0.05, 0.1) is 0 Å². The number of carbonyl (C=O) groups excluding carboxylic acids is 1. The maximum atomic E-state index is 12.9. The average Bonchev–Trinajstić information content (AvgIpc) is 3.18. The van der Waals surface area contributed by atoms with E-state index in [4.69, 9.17) is 0 Å². The quantitative estimate of drug-likeness (QED) is 0.829. The van der Waals surface area contributed by atoms with Crippen LogP contribution in [0.3, 0.4) is 0 Å². The van der Waals surface area contributed by atoms with Crippen LogP contribution in [0, 0.1) is 0 Å². The summed E-state index contributed by atoms with van der Waals surface area (Å²) in [6.07, 6.45) is 6.48. The van der Waals surface area contributed by atoms with Gasteiger partial charge in [-0.3, -0.25) is 9.00 Å². The van der Waals surface area contributed by atoms with Crippen molar-refractivity contribution in [1.82, 2.24) is 9.80 Å². The Morgan fingerprint density at radius 1 is 1.22 bits per heavy atom. The Balaban J connectivity index is 1.69. The number of rotatable bonds is 5. The maximum absolute atomic E-state index is 12.9. The fourth-order valence-corrected chi connectivity index (χ4v) is 4.40. The van der Waals surface area contributed by atoms with Crippen LogP contribution in [0.25, 0.3) is 0 Å². The molecule has 1 aromatic rings. The van der Waals surface area contributed by atoms with Crippen molar-refractivity contribution in [2.24, 2.45) is 0 Å². The van der Waals surface area contributed by atoms with E-state index in [1.807, 2.05) is 24.3 Å². The summed E-state index contributed by atoms with van der Waals surface area (Å²) in [6, 6.07) is 8.00. The van der Waals surface area contributed by atoms with Gasteiger partial charge in [0.25, 0.3) is 5.91 Å². The maximum Gasteiger partial charge on any atom is 0.254 e. The van der Waals surface area contributed by atoms with E-state index in [-0.39, 0.29) is 5.91 Å². The number of hydrogen-bond donors (Lipinski definition) is 0.